The Morgan fingerprint density at radius 2 is 1.96 bits per heavy atom. The van der Waals surface area contributed by atoms with E-state index in [4.69, 9.17) is 4.74 Å². The van der Waals surface area contributed by atoms with E-state index < -0.39 is 0 Å². The van der Waals surface area contributed by atoms with Gasteiger partial charge in [0.15, 0.2) is 0 Å². The van der Waals surface area contributed by atoms with Gasteiger partial charge in [0.2, 0.25) is 0 Å². The van der Waals surface area contributed by atoms with Crippen LogP contribution in [0.25, 0.3) is 0 Å². The van der Waals surface area contributed by atoms with Crippen LogP contribution in [0.2, 0.25) is 0 Å². The molecule has 26 heavy (non-hydrogen) atoms. The van der Waals surface area contributed by atoms with Gasteiger partial charge in [-0.25, -0.2) is 0 Å². The number of rotatable bonds is 6. The van der Waals surface area contributed by atoms with Crippen molar-refractivity contribution in [3.8, 4) is 5.75 Å². The van der Waals surface area contributed by atoms with Crippen LogP contribution in [-0.2, 0) is 5.41 Å². The highest BCUT2D eigenvalue weighted by Crippen LogP contribution is 2.53. The van der Waals surface area contributed by atoms with Gasteiger partial charge in [0.1, 0.15) is 11.4 Å². The molecule has 0 spiro atoms. The molecule has 144 valence electrons. The van der Waals surface area contributed by atoms with E-state index in [1.165, 1.54) is 55.2 Å². The van der Waals surface area contributed by atoms with Crippen molar-refractivity contribution in [3.05, 3.63) is 41.5 Å². The number of fused-ring (bicyclic) bond motifs is 3. The van der Waals surface area contributed by atoms with Gasteiger partial charge in [-0.15, -0.1) is 0 Å². The highest BCUT2D eigenvalue weighted by atomic mass is 16.5. The summed E-state index contributed by atoms with van der Waals surface area (Å²) >= 11 is 0. The standard InChI is InChI=1S/C25H38O/c1-7-8-9-10-15-24(3,4)19-12-13-20-21-16-18(2)11-14-22(21)25(5,6)26-23(20)17-19/h12-13,17,21-22H,2,7-11,14-16H2,1,3-6H3/t21-,22+/m0/s1. The highest BCUT2D eigenvalue weighted by molar-refractivity contribution is 5.46. The minimum atomic E-state index is -0.0811. The van der Waals surface area contributed by atoms with Crippen LogP contribution in [0.15, 0.2) is 30.4 Å². The molecule has 1 fully saturated rings. The third-order valence-electron chi connectivity index (χ3n) is 6.92. The van der Waals surface area contributed by atoms with E-state index in [2.05, 4.69) is 59.4 Å². The molecule has 3 rings (SSSR count). The summed E-state index contributed by atoms with van der Waals surface area (Å²) in [7, 11) is 0. The molecule has 1 nitrogen and oxygen atoms in total. The van der Waals surface area contributed by atoms with Gasteiger partial charge in [0.25, 0.3) is 0 Å². The fourth-order valence-corrected chi connectivity index (χ4v) is 5.12. The molecule has 1 aliphatic carbocycles. The summed E-state index contributed by atoms with van der Waals surface area (Å²) < 4.78 is 6.57. The smallest absolute Gasteiger partial charge is 0.123 e. The monoisotopic (exact) mass is 354 g/mol. The molecule has 2 atom stereocenters. The molecule has 1 heterocycles. The zero-order chi connectivity index (χ0) is 18.9. The lowest BCUT2D eigenvalue weighted by Gasteiger charge is -2.48. The first-order valence-electron chi connectivity index (χ1n) is 10.7. The molecule has 0 radical (unpaired) electrons. The van der Waals surface area contributed by atoms with Gasteiger partial charge in [0, 0.05) is 5.92 Å². The predicted octanol–water partition coefficient (Wildman–Crippen LogP) is 7.55. The van der Waals surface area contributed by atoms with E-state index in [1.54, 1.807) is 0 Å². The lowest BCUT2D eigenvalue weighted by molar-refractivity contribution is -0.0000246. The Morgan fingerprint density at radius 1 is 1.19 bits per heavy atom. The zero-order valence-corrected chi connectivity index (χ0v) is 17.7. The van der Waals surface area contributed by atoms with Gasteiger partial charge in [-0.05, 0) is 68.1 Å². The Bertz CT molecular complexity index is 652. The largest absolute Gasteiger partial charge is 0.487 e. The molecule has 1 saturated carbocycles. The minimum absolute atomic E-state index is 0.0811. The fraction of sp³-hybridized carbons (Fsp3) is 0.680. The van der Waals surface area contributed by atoms with Crippen molar-refractivity contribution in [2.24, 2.45) is 5.92 Å². The van der Waals surface area contributed by atoms with E-state index in [-0.39, 0.29) is 11.0 Å². The Hall–Kier alpha value is -1.24. The molecule has 0 amide bonds. The zero-order valence-electron chi connectivity index (χ0n) is 17.7. The molecule has 2 aliphatic rings. The quantitative estimate of drug-likeness (QED) is 0.378. The third-order valence-corrected chi connectivity index (χ3v) is 6.92. The Balaban J connectivity index is 1.85. The molecule has 0 N–H and O–H groups in total. The summed E-state index contributed by atoms with van der Waals surface area (Å²) in [5.74, 6) is 2.32. The maximum atomic E-state index is 6.57. The van der Waals surface area contributed by atoms with Crippen molar-refractivity contribution in [2.75, 3.05) is 0 Å². The van der Waals surface area contributed by atoms with Gasteiger partial charge in [-0.2, -0.15) is 0 Å². The molecule has 1 heteroatoms. The van der Waals surface area contributed by atoms with Gasteiger partial charge in [0.05, 0.1) is 0 Å². The maximum absolute atomic E-state index is 6.57. The Morgan fingerprint density at radius 3 is 2.69 bits per heavy atom. The van der Waals surface area contributed by atoms with Crippen LogP contribution in [0.4, 0.5) is 0 Å². The van der Waals surface area contributed by atoms with Crippen LogP contribution in [-0.4, -0.2) is 5.60 Å². The SMILES string of the molecule is C=C1CC[C@@H]2[C@@H](C1)c1ccc(C(C)(C)CCCCCC)cc1OC2(C)C. The first kappa shape index (κ1) is 19.5. The topological polar surface area (TPSA) is 9.23 Å². The molecule has 0 bridgehead atoms. The molecule has 0 saturated heterocycles. The van der Waals surface area contributed by atoms with E-state index >= 15 is 0 Å². The maximum Gasteiger partial charge on any atom is 0.123 e. The normalized spacial score (nSPS) is 24.6. The summed E-state index contributed by atoms with van der Waals surface area (Å²) in [6.07, 6.45) is 10.1. The van der Waals surface area contributed by atoms with Crippen LogP contribution in [0.1, 0.15) is 103 Å². The summed E-state index contributed by atoms with van der Waals surface area (Å²) in [5.41, 5.74) is 4.39. The summed E-state index contributed by atoms with van der Waals surface area (Å²) in [6.45, 7) is 15.9. The van der Waals surface area contributed by atoms with Crippen LogP contribution >= 0.6 is 0 Å². The summed E-state index contributed by atoms with van der Waals surface area (Å²) in [6, 6.07) is 7.09. The number of allylic oxidation sites excluding steroid dienone is 1. The summed E-state index contributed by atoms with van der Waals surface area (Å²) in [5, 5.41) is 0. The average Bonchev–Trinajstić information content (AvgIpc) is 2.57. The number of hydrogen-bond acceptors (Lipinski definition) is 1. The molecule has 0 aromatic heterocycles. The second-order valence-electron chi connectivity index (χ2n) is 9.86. The van der Waals surface area contributed by atoms with E-state index in [9.17, 15) is 0 Å². The van der Waals surface area contributed by atoms with E-state index in [1.807, 2.05) is 0 Å². The highest BCUT2D eigenvalue weighted by Gasteiger charge is 2.45. The molecular weight excluding hydrogens is 316 g/mol. The van der Waals surface area contributed by atoms with Crippen LogP contribution in [0, 0.1) is 5.92 Å². The lowest BCUT2D eigenvalue weighted by Crippen LogP contribution is -2.46. The van der Waals surface area contributed by atoms with E-state index in [0.717, 1.165) is 18.6 Å². The second kappa shape index (κ2) is 7.41. The predicted molar refractivity (Wildman–Crippen MR) is 112 cm³/mol. The molecular formula is C25H38O. The molecule has 1 aliphatic heterocycles. The van der Waals surface area contributed by atoms with Crippen LogP contribution in [0.3, 0.4) is 0 Å². The van der Waals surface area contributed by atoms with Gasteiger partial charge < -0.3 is 4.74 Å². The Labute approximate surface area is 161 Å². The summed E-state index contributed by atoms with van der Waals surface area (Å²) in [4.78, 5) is 0. The van der Waals surface area contributed by atoms with Crippen molar-refractivity contribution in [2.45, 2.75) is 103 Å². The fourth-order valence-electron chi connectivity index (χ4n) is 5.12. The minimum Gasteiger partial charge on any atom is -0.487 e. The number of unbranched alkanes of at least 4 members (excludes halogenated alkanes) is 3. The third kappa shape index (κ3) is 3.87. The van der Waals surface area contributed by atoms with Crippen molar-refractivity contribution < 1.29 is 4.74 Å². The van der Waals surface area contributed by atoms with Gasteiger partial charge >= 0.3 is 0 Å². The molecule has 1 aromatic carbocycles. The number of benzene rings is 1. The molecule has 0 unspecified atom stereocenters. The van der Waals surface area contributed by atoms with E-state index in [0.29, 0.717) is 11.8 Å². The van der Waals surface area contributed by atoms with Crippen molar-refractivity contribution in [1.82, 2.24) is 0 Å². The van der Waals surface area contributed by atoms with Crippen LogP contribution in [0.5, 0.6) is 5.75 Å². The van der Waals surface area contributed by atoms with Gasteiger partial charge in [-0.1, -0.05) is 70.7 Å². The lowest BCUT2D eigenvalue weighted by atomic mass is 9.65. The first-order chi connectivity index (χ1) is 12.2. The molecule has 1 aromatic rings. The second-order valence-corrected chi connectivity index (χ2v) is 9.86. The Kier molecular flexibility index (Phi) is 5.56. The van der Waals surface area contributed by atoms with Crippen molar-refractivity contribution in [1.29, 1.82) is 0 Å². The first-order valence-corrected chi connectivity index (χ1v) is 10.7. The average molecular weight is 355 g/mol. The van der Waals surface area contributed by atoms with Crippen molar-refractivity contribution in [3.63, 3.8) is 0 Å². The number of hydrogen-bond donors (Lipinski definition) is 0. The van der Waals surface area contributed by atoms with Gasteiger partial charge in [-0.3, -0.25) is 0 Å². The number of ether oxygens (including phenoxy) is 1. The van der Waals surface area contributed by atoms with Crippen LogP contribution < -0.4 is 4.74 Å². The van der Waals surface area contributed by atoms with Crippen molar-refractivity contribution >= 4 is 0 Å².